The lowest BCUT2D eigenvalue weighted by molar-refractivity contribution is -0.384. The maximum atomic E-state index is 12.3. The van der Waals surface area contributed by atoms with Crippen molar-refractivity contribution in [2.45, 2.75) is 12.8 Å². The number of fused-ring (bicyclic) bond motifs is 1. The van der Waals surface area contributed by atoms with Gasteiger partial charge in [-0.3, -0.25) is 19.7 Å². The summed E-state index contributed by atoms with van der Waals surface area (Å²) >= 11 is 0. The van der Waals surface area contributed by atoms with Crippen LogP contribution in [-0.2, 0) is 4.79 Å². The van der Waals surface area contributed by atoms with Gasteiger partial charge in [0.05, 0.1) is 16.9 Å². The number of carbonyl (C=O) groups excluding carboxylic acids is 2. The zero-order chi connectivity index (χ0) is 17.3. The Hall–Kier alpha value is -3.22. The lowest BCUT2D eigenvalue weighted by Crippen LogP contribution is -2.12. The summed E-state index contributed by atoms with van der Waals surface area (Å²) in [6, 6.07) is 10.6. The highest BCUT2D eigenvalue weighted by molar-refractivity contribution is 6.04. The van der Waals surface area contributed by atoms with Gasteiger partial charge >= 0.3 is 0 Å². The normalized spacial score (nSPS) is 15.5. The van der Waals surface area contributed by atoms with Crippen LogP contribution in [0.15, 0.2) is 42.5 Å². The molecule has 7 nitrogen and oxygen atoms in total. The van der Waals surface area contributed by atoms with Crippen molar-refractivity contribution in [1.82, 2.24) is 0 Å². The molecule has 1 aliphatic heterocycles. The van der Waals surface area contributed by atoms with E-state index in [1.165, 1.54) is 18.2 Å². The number of nitro groups is 1. The molecule has 3 rings (SSSR count). The van der Waals surface area contributed by atoms with Gasteiger partial charge in [0.25, 0.3) is 5.69 Å². The van der Waals surface area contributed by atoms with Crippen molar-refractivity contribution in [3.63, 3.8) is 0 Å². The fourth-order valence-electron chi connectivity index (χ4n) is 2.51. The van der Waals surface area contributed by atoms with E-state index in [2.05, 4.69) is 5.32 Å². The zero-order valence-electron chi connectivity index (χ0n) is 12.8. The van der Waals surface area contributed by atoms with Crippen molar-refractivity contribution in [3.8, 4) is 5.75 Å². The monoisotopic (exact) mass is 326 g/mol. The molecule has 1 amide bonds. The molecule has 0 saturated carbocycles. The van der Waals surface area contributed by atoms with Gasteiger partial charge in [-0.2, -0.15) is 0 Å². The molecule has 1 atom stereocenters. The van der Waals surface area contributed by atoms with E-state index in [-0.39, 0.29) is 35.7 Å². The van der Waals surface area contributed by atoms with Crippen LogP contribution in [0, 0.1) is 10.1 Å². The van der Waals surface area contributed by atoms with Crippen LogP contribution in [0.5, 0.6) is 5.75 Å². The Labute approximate surface area is 137 Å². The van der Waals surface area contributed by atoms with Gasteiger partial charge in [-0.05, 0) is 36.8 Å². The van der Waals surface area contributed by atoms with E-state index in [4.69, 9.17) is 4.74 Å². The Bertz CT molecular complexity index is 847. The molecule has 0 saturated heterocycles. The van der Waals surface area contributed by atoms with Gasteiger partial charge in [0.1, 0.15) is 5.75 Å². The molecule has 24 heavy (non-hydrogen) atoms. The maximum Gasteiger partial charge on any atom is 0.273 e. The third-order valence-corrected chi connectivity index (χ3v) is 3.89. The van der Waals surface area contributed by atoms with Crippen molar-refractivity contribution in [2.75, 3.05) is 11.9 Å². The number of Topliss-reactive ketones (excluding diaryl/α,β-unsaturated/α-hetero) is 1. The third-order valence-electron chi connectivity index (χ3n) is 3.89. The highest BCUT2D eigenvalue weighted by Crippen LogP contribution is 2.32. The average Bonchev–Trinajstić information content (AvgIpc) is 2.87. The minimum absolute atomic E-state index is 0.0950. The van der Waals surface area contributed by atoms with Crippen molar-refractivity contribution < 1.29 is 19.2 Å². The van der Waals surface area contributed by atoms with Crippen LogP contribution >= 0.6 is 0 Å². The number of rotatable bonds is 5. The molecule has 0 aromatic heterocycles. The van der Waals surface area contributed by atoms with Gasteiger partial charge < -0.3 is 10.1 Å². The molecule has 2 aromatic carbocycles. The smallest absolute Gasteiger partial charge is 0.273 e. The molecular formula is C17H14N2O5. The van der Waals surface area contributed by atoms with Gasteiger partial charge in [0.2, 0.25) is 5.91 Å². The van der Waals surface area contributed by atoms with Crippen molar-refractivity contribution in [1.29, 1.82) is 0 Å². The highest BCUT2D eigenvalue weighted by atomic mass is 16.6. The van der Waals surface area contributed by atoms with Crippen molar-refractivity contribution in [2.24, 2.45) is 0 Å². The Balaban J connectivity index is 1.71. The molecule has 1 aliphatic rings. The second-order valence-electron chi connectivity index (χ2n) is 5.48. The number of benzene rings is 2. The molecular weight excluding hydrogens is 312 g/mol. The summed E-state index contributed by atoms with van der Waals surface area (Å²) in [6.45, 7) is 1.53. The summed E-state index contributed by atoms with van der Waals surface area (Å²) in [7, 11) is 0. The predicted octanol–water partition coefficient (Wildman–Crippen LogP) is 2.91. The minimum Gasteiger partial charge on any atom is -0.485 e. The summed E-state index contributed by atoms with van der Waals surface area (Å²) < 4.78 is 5.34. The molecule has 0 spiro atoms. The summed E-state index contributed by atoms with van der Waals surface area (Å²) in [6.07, 6.45) is 0. The van der Waals surface area contributed by atoms with E-state index in [9.17, 15) is 19.7 Å². The number of nitro benzene ring substituents is 1. The van der Waals surface area contributed by atoms with Crippen LogP contribution in [0.2, 0.25) is 0 Å². The first-order valence-electron chi connectivity index (χ1n) is 7.31. The van der Waals surface area contributed by atoms with Crippen LogP contribution in [0.25, 0.3) is 0 Å². The average molecular weight is 326 g/mol. The number of amides is 1. The Morgan fingerprint density at radius 3 is 2.83 bits per heavy atom. The van der Waals surface area contributed by atoms with E-state index >= 15 is 0 Å². The molecule has 1 N–H and O–H groups in total. The largest absolute Gasteiger partial charge is 0.485 e. The number of nitrogens with zero attached hydrogens (tertiary/aromatic N) is 1. The number of hydrogen-bond acceptors (Lipinski definition) is 5. The molecule has 0 aliphatic carbocycles. The lowest BCUT2D eigenvalue weighted by Gasteiger charge is -2.07. The molecule has 0 unspecified atom stereocenters. The minimum atomic E-state index is -0.527. The van der Waals surface area contributed by atoms with Crippen LogP contribution in [0.1, 0.15) is 28.8 Å². The van der Waals surface area contributed by atoms with Gasteiger partial charge in [-0.15, -0.1) is 0 Å². The fourth-order valence-corrected chi connectivity index (χ4v) is 2.51. The van der Waals surface area contributed by atoms with Crippen molar-refractivity contribution >= 4 is 23.1 Å². The summed E-state index contributed by atoms with van der Waals surface area (Å²) in [5.41, 5.74) is 1.82. The first-order valence-corrected chi connectivity index (χ1v) is 7.31. The first-order chi connectivity index (χ1) is 11.5. The summed E-state index contributed by atoms with van der Waals surface area (Å²) in [5, 5.41) is 13.5. The number of ketones is 1. The van der Waals surface area contributed by atoms with Crippen LogP contribution < -0.4 is 10.1 Å². The number of anilines is 1. The van der Waals surface area contributed by atoms with Gasteiger partial charge in [0.15, 0.2) is 12.4 Å². The zero-order valence-corrected chi connectivity index (χ0v) is 12.8. The van der Waals surface area contributed by atoms with Crippen LogP contribution in [0.3, 0.4) is 0 Å². The Morgan fingerprint density at radius 2 is 2.08 bits per heavy atom. The van der Waals surface area contributed by atoms with Crippen molar-refractivity contribution in [3.05, 3.63) is 63.7 Å². The summed E-state index contributed by atoms with van der Waals surface area (Å²) in [5.74, 6) is -0.410. The van der Waals surface area contributed by atoms with E-state index in [1.54, 1.807) is 31.2 Å². The standard InChI is InChI=1S/C17H14N2O5/c1-10-14-7-11(5-6-15(14)18-17(10)21)16(20)9-24-13-4-2-3-12(8-13)19(22)23/h2-8,10H,9H2,1H3,(H,18,21)/t10-/m1/s1. The second-order valence-corrected chi connectivity index (χ2v) is 5.48. The maximum absolute atomic E-state index is 12.3. The van der Waals surface area contributed by atoms with E-state index in [1.807, 2.05) is 0 Å². The molecule has 2 aromatic rings. The molecule has 7 heteroatoms. The number of carbonyl (C=O) groups is 2. The van der Waals surface area contributed by atoms with Gasteiger partial charge in [0, 0.05) is 17.3 Å². The molecule has 122 valence electrons. The predicted molar refractivity (Wildman–Crippen MR) is 86.4 cm³/mol. The topological polar surface area (TPSA) is 98.5 Å². The van der Waals surface area contributed by atoms with Crippen LogP contribution in [0.4, 0.5) is 11.4 Å². The van der Waals surface area contributed by atoms with E-state index < -0.39 is 4.92 Å². The summed E-state index contributed by atoms with van der Waals surface area (Å²) in [4.78, 5) is 34.1. The quantitative estimate of drug-likeness (QED) is 0.517. The Kier molecular flexibility index (Phi) is 3.99. The van der Waals surface area contributed by atoms with Gasteiger partial charge in [-0.25, -0.2) is 0 Å². The number of non-ortho nitro benzene ring substituents is 1. The third kappa shape index (κ3) is 2.96. The highest BCUT2D eigenvalue weighted by Gasteiger charge is 2.27. The molecule has 1 heterocycles. The SMILES string of the molecule is C[C@H]1C(=O)Nc2ccc(C(=O)COc3cccc([N+](=O)[O-])c3)cc21. The molecule has 0 fully saturated rings. The Morgan fingerprint density at radius 1 is 1.29 bits per heavy atom. The first kappa shape index (κ1) is 15.7. The van der Waals surface area contributed by atoms with E-state index in [0.717, 1.165) is 5.56 Å². The fraction of sp³-hybridized carbons (Fsp3) is 0.176. The number of nitrogens with one attached hydrogen (secondary N) is 1. The lowest BCUT2D eigenvalue weighted by atomic mass is 9.99. The molecule has 0 radical (unpaired) electrons. The second kappa shape index (κ2) is 6.11. The molecule has 0 bridgehead atoms. The van der Waals surface area contributed by atoms with Crippen LogP contribution in [-0.4, -0.2) is 23.2 Å². The van der Waals surface area contributed by atoms with E-state index in [0.29, 0.717) is 11.3 Å². The van der Waals surface area contributed by atoms with Gasteiger partial charge in [-0.1, -0.05) is 6.07 Å². The number of ether oxygens (including phenoxy) is 1. The number of hydrogen-bond donors (Lipinski definition) is 1.